The summed E-state index contributed by atoms with van der Waals surface area (Å²) in [6.45, 7) is 1.86. The van der Waals surface area contributed by atoms with Crippen molar-refractivity contribution in [3.63, 3.8) is 0 Å². The lowest BCUT2D eigenvalue weighted by Gasteiger charge is -2.27. The summed E-state index contributed by atoms with van der Waals surface area (Å²) < 4.78 is 11.5. The Morgan fingerprint density at radius 2 is 2.27 bits per heavy atom. The van der Waals surface area contributed by atoms with Crippen LogP contribution in [0.3, 0.4) is 0 Å². The molecule has 1 aromatic carbocycles. The zero-order valence-electron chi connectivity index (χ0n) is 14.9. The first kappa shape index (κ1) is 17.3. The first-order valence-electron chi connectivity index (χ1n) is 9.16. The van der Waals surface area contributed by atoms with Gasteiger partial charge in [0.05, 0.1) is 37.2 Å². The average Bonchev–Trinajstić information content (AvgIpc) is 3.29. The van der Waals surface area contributed by atoms with Gasteiger partial charge in [-0.25, -0.2) is 0 Å². The van der Waals surface area contributed by atoms with Crippen molar-refractivity contribution in [2.24, 2.45) is 17.6 Å². The number of rotatable bonds is 6. The summed E-state index contributed by atoms with van der Waals surface area (Å²) >= 11 is 0. The Labute approximate surface area is 152 Å². The van der Waals surface area contributed by atoms with E-state index in [1.165, 1.54) is 0 Å². The molecule has 140 valence electrons. The van der Waals surface area contributed by atoms with E-state index in [-0.39, 0.29) is 23.8 Å². The predicted molar refractivity (Wildman–Crippen MR) is 94.3 cm³/mol. The quantitative estimate of drug-likeness (QED) is 0.761. The molecular formula is C19H25N3O4. The van der Waals surface area contributed by atoms with Gasteiger partial charge in [-0.05, 0) is 18.9 Å². The molecule has 1 spiro atoms. The summed E-state index contributed by atoms with van der Waals surface area (Å²) in [5, 5.41) is 2.98. The van der Waals surface area contributed by atoms with Crippen molar-refractivity contribution in [2.75, 3.05) is 26.7 Å². The number of methoxy groups -OCH3 is 1. The van der Waals surface area contributed by atoms with Gasteiger partial charge >= 0.3 is 0 Å². The number of para-hydroxylation sites is 1. The van der Waals surface area contributed by atoms with Gasteiger partial charge < -0.3 is 25.4 Å². The van der Waals surface area contributed by atoms with Crippen molar-refractivity contribution in [2.45, 2.75) is 31.1 Å². The Balaban J connectivity index is 1.49. The lowest BCUT2D eigenvalue weighted by Crippen LogP contribution is -2.45. The van der Waals surface area contributed by atoms with Crippen LogP contribution in [0.25, 0.3) is 0 Å². The molecular weight excluding hydrogens is 334 g/mol. The van der Waals surface area contributed by atoms with Crippen LogP contribution in [0.2, 0.25) is 0 Å². The molecule has 3 aliphatic rings. The molecule has 4 rings (SSSR count). The van der Waals surface area contributed by atoms with Gasteiger partial charge in [0.25, 0.3) is 0 Å². The number of nitrogens with one attached hydrogen (secondary N) is 1. The fourth-order valence-electron chi connectivity index (χ4n) is 4.83. The molecule has 4 atom stereocenters. The van der Waals surface area contributed by atoms with Crippen molar-refractivity contribution in [1.82, 2.24) is 10.2 Å². The van der Waals surface area contributed by atoms with Crippen LogP contribution >= 0.6 is 0 Å². The highest BCUT2D eigenvalue weighted by molar-refractivity contribution is 5.92. The number of fused-ring (bicyclic) bond motifs is 1. The third-order valence-electron chi connectivity index (χ3n) is 5.95. The first-order valence-corrected chi connectivity index (χ1v) is 9.16. The second-order valence-electron chi connectivity index (χ2n) is 7.34. The van der Waals surface area contributed by atoms with E-state index >= 15 is 0 Å². The molecule has 0 saturated carbocycles. The number of ether oxygens (including phenoxy) is 2. The van der Waals surface area contributed by atoms with Crippen molar-refractivity contribution in [3.8, 4) is 5.75 Å². The van der Waals surface area contributed by atoms with Gasteiger partial charge in [0.2, 0.25) is 11.8 Å². The van der Waals surface area contributed by atoms with Crippen molar-refractivity contribution in [1.29, 1.82) is 0 Å². The minimum Gasteiger partial charge on any atom is -0.496 e. The summed E-state index contributed by atoms with van der Waals surface area (Å²) in [5.41, 5.74) is 6.03. The normalized spacial score (nSPS) is 32.0. The van der Waals surface area contributed by atoms with Crippen LogP contribution in [0.5, 0.6) is 5.75 Å². The van der Waals surface area contributed by atoms with E-state index in [1.807, 2.05) is 24.3 Å². The number of amides is 2. The fraction of sp³-hybridized carbons (Fsp3) is 0.579. The number of likely N-dealkylation sites (tertiary alicyclic amines) is 1. The highest BCUT2D eigenvalue weighted by Crippen LogP contribution is 2.55. The highest BCUT2D eigenvalue weighted by Gasteiger charge is 2.68. The van der Waals surface area contributed by atoms with Crippen LogP contribution in [0, 0.1) is 11.8 Å². The van der Waals surface area contributed by atoms with E-state index in [1.54, 1.807) is 12.0 Å². The van der Waals surface area contributed by atoms with Crippen LogP contribution in [-0.2, 0) is 20.9 Å². The third-order valence-corrected chi connectivity index (χ3v) is 5.95. The second-order valence-corrected chi connectivity index (χ2v) is 7.34. The van der Waals surface area contributed by atoms with Gasteiger partial charge in [0.1, 0.15) is 5.75 Å². The van der Waals surface area contributed by atoms with Gasteiger partial charge in [-0.1, -0.05) is 18.2 Å². The third kappa shape index (κ3) is 2.57. The molecule has 3 fully saturated rings. The molecule has 3 heterocycles. The van der Waals surface area contributed by atoms with Gasteiger partial charge in [0, 0.05) is 25.2 Å². The molecule has 0 radical (unpaired) electrons. The van der Waals surface area contributed by atoms with Crippen molar-refractivity contribution in [3.05, 3.63) is 29.8 Å². The second kappa shape index (κ2) is 6.55. The largest absolute Gasteiger partial charge is 0.496 e. The van der Waals surface area contributed by atoms with E-state index in [4.69, 9.17) is 15.2 Å². The number of carbonyl (C=O) groups excluding carboxylic acids is 2. The Kier molecular flexibility index (Phi) is 4.36. The lowest BCUT2D eigenvalue weighted by atomic mass is 9.73. The Bertz CT molecular complexity index is 724. The number of hydrogen-bond acceptors (Lipinski definition) is 5. The monoisotopic (exact) mass is 359 g/mol. The number of nitrogens with zero attached hydrogens (tertiary/aromatic N) is 1. The number of benzene rings is 1. The number of carbonyl (C=O) groups is 2. The van der Waals surface area contributed by atoms with Gasteiger partial charge in [-0.15, -0.1) is 0 Å². The molecule has 3 N–H and O–H groups in total. The Hall–Kier alpha value is -2.12. The lowest BCUT2D eigenvalue weighted by molar-refractivity contribution is -0.138. The van der Waals surface area contributed by atoms with Crippen molar-refractivity contribution < 1.29 is 19.1 Å². The molecule has 0 unspecified atom stereocenters. The van der Waals surface area contributed by atoms with Crippen LogP contribution < -0.4 is 15.8 Å². The highest BCUT2D eigenvalue weighted by atomic mass is 16.5. The summed E-state index contributed by atoms with van der Waals surface area (Å²) in [6.07, 6.45) is 1.50. The van der Waals surface area contributed by atoms with Crippen molar-refractivity contribution >= 4 is 11.8 Å². The predicted octanol–water partition coefficient (Wildman–Crippen LogP) is 0.276. The smallest absolute Gasteiger partial charge is 0.229 e. The summed E-state index contributed by atoms with van der Waals surface area (Å²) in [5.74, 6) is -0.177. The Morgan fingerprint density at radius 1 is 1.46 bits per heavy atom. The van der Waals surface area contributed by atoms with Crippen LogP contribution in [0.4, 0.5) is 0 Å². The molecule has 2 bridgehead atoms. The summed E-state index contributed by atoms with van der Waals surface area (Å²) in [4.78, 5) is 27.5. The molecule has 7 heteroatoms. The SMILES string of the molecule is COc1ccccc1CNC(=O)[C@H]1[C@@H]2CC[C@@]3(CN(CCN)C(=O)[C@@H]13)O2. The summed E-state index contributed by atoms with van der Waals surface area (Å²) in [6, 6.07) is 7.58. The van der Waals surface area contributed by atoms with Crippen LogP contribution in [-0.4, -0.2) is 55.2 Å². The molecule has 3 saturated heterocycles. The molecule has 26 heavy (non-hydrogen) atoms. The van der Waals surface area contributed by atoms with Gasteiger partial charge in [-0.2, -0.15) is 0 Å². The van der Waals surface area contributed by atoms with Crippen LogP contribution in [0.15, 0.2) is 24.3 Å². The molecule has 7 nitrogen and oxygen atoms in total. The van der Waals surface area contributed by atoms with E-state index in [9.17, 15) is 9.59 Å². The van der Waals surface area contributed by atoms with E-state index in [2.05, 4.69) is 5.32 Å². The maximum atomic E-state index is 12.9. The van der Waals surface area contributed by atoms with Gasteiger partial charge in [-0.3, -0.25) is 9.59 Å². The zero-order valence-corrected chi connectivity index (χ0v) is 14.9. The van der Waals surface area contributed by atoms with E-state index in [0.717, 1.165) is 24.2 Å². The molecule has 2 amide bonds. The minimum absolute atomic E-state index is 0.00934. The zero-order chi connectivity index (χ0) is 18.3. The van der Waals surface area contributed by atoms with Gasteiger partial charge in [0.15, 0.2) is 0 Å². The fourth-order valence-corrected chi connectivity index (χ4v) is 4.83. The molecule has 1 aromatic rings. The maximum absolute atomic E-state index is 12.9. The number of nitrogens with two attached hydrogens (primary N) is 1. The van der Waals surface area contributed by atoms with Crippen LogP contribution in [0.1, 0.15) is 18.4 Å². The standard InChI is InChI=1S/C19H25N3O4/c1-25-13-5-3-2-4-12(13)10-21-17(23)15-14-6-7-19(26-14)11-22(9-8-20)18(24)16(15)19/h2-5,14-16H,6-11,20H2,1H3,(H,21,23)/t14-,15-,16+,19-/m0/s1. The molecule has 0 aromatic heterocycles. The molecule has 3 aliphatic heterocycles. The Morgan fingerprint density at radius 3 is 3.04 bits per heavy atom. The topological polar surface area (TPSA) is 93.9 Å². The molecule has 0 aliphatic carbocycles. The number of hydrogen-bond donors (Lipinski definition) is 2. The van der Waals surface area contributed by atoms with E-state index in [0.29, 0.717) is 26.2 Å². The average molecular weight is 359 g/mol. The summed E-state index contributed by atoms with van der Waals surface area (Å²) in [7, 11) is 1.61. The first-order chi connectivity index (χ1) is 12.6. The maximum Gasteiger partial charge on any atom is 0.229 e. The minimum atomic E-state index is -0.497. The van der Waals surface area contributed by atoms with E-state index < -0.39 is 11.5 Å².